The molecule has 0 fully saturated rings. The number of phenolic OH excluding ortho intramolecular Hbond substituents is 2. The highest BCUT2D eigenvalue weighted by Gasteiger charge is 2.21. The fourth-order valence-corrected chi connectivity index (χ4v) is 2.33. The predicted molar refractivity (Wildman–Crippen MR) is 76.2 cm³/mol. The third-order valence-corrected chi connectivity index (χ3v) is 3.32. The first-order chi connectivity index (χ1) is 9.92. The van der Waals surface area contributed by atoms with Gasteiger partial charge in [0.05, 0.1) is 11.7 Å². The first-order valence-electron chi connectivity index (χ1n) is 6.69. The molecule has 1 aromatic carbocycles. The average molecular weight is 290 g/mol. The van der Waals surface area contributed by atoms with Crippen LogP contribution < -0.4 is 5.32 Å². The summed E-state index contributed by atoms with van der Waals surface area (Å²) < 4.78 is 5.12. The van der Waals surface area contributed by atoms with E-state index < -0.39 is 0 Å². The van der Waals surface area contributed by atoms with Gasteiger partial charge in [-0.1, -0.05) is 12.1 Å². The van der Waals surface area contributed by atoms with E-state index in [0.29, 0.717) is 12.2 Å². The van der Waals surface area contributed by atoms with Crippen molar-refractivity contribution in [1.82, 2.24) is 10.5 Å². The molecule has 0 spiro atoms. The lowest BCUT2D eigenvalue weighted by Crippen LogP contribution is -2.28. The van der Waals surface area contributed by atoms with Crippen molar-refractivity contribution in [2.75, 3.05) is 0 Å². The third kappa shape index (κ3) is 3.16. The first kappa shape index (κ1) is 14.9. The van der Waals surface area contributed by atoms with E-state index in [9.17, 15) is 15.0 Å². The van der Waals surface area contributed by atoms with E-state index in [1.54, 1.807) is 6.92 Å². The summed E-state index contributed by atoms with van der Waals surface area (Å²) in [7, 11) is 0. The van der Waals surface area contributed by atoms with Gasteiger partial charge in [0, 0.05) is 17.2 Å². The molecule has 1 aromatic heterocycles. The standard InChI is InChI=1S/C15H18N2O4/c1-4-13(14-8(2)17-21-9(14)3)16-15(20)10-5-11(18)7-12(19)6-10/h5-7,13,18-19H,4H2,1-3H3,(H,16,20). The zero-order valence-corrected chi connectivity index (χ0v) is 12.2. The summed E-state index contributed by atoms with van der Waals surface area (Å²) in [6, 6.07) is 3.53. The van der Waals surface area contributed by atoms with Crippen LogP contribution in [0, 0.1) is 13.8 Å². The minimum atomic E-state index is -0.381. The summed E-state index contributed by atoms with van der Waals surface area (Å²) in [4.78, 5) is 12.3. The molecule has 0 aliphatic heterocycles. The molecule has 1 amide bonds. The Bertz CT molecular complexity index is 624. The fraction of sp³-hybridized carbons (Fsp3) is 0.333. The second kappa shape index (κ2) is 5.87. The Morgan fingerprint density at radius 1 is 1.29 bits per heavy atom. The van der Waals surface area contributed by atoms with Gasteiger partial charge in [0.2, 0.25) is 0 Å². The van der Waals surface area contributed by atoms with Crippen LogP contribution in [0.25, 0.3) is 0 Å². The van der Waals surface area contributed by atoms with Crippen molar-refractivity contribution in [2.24, 2.45) is 0 Å². The summed E-state index contributed by atoms with van der Waals surface area (Å²) in [5, 5.41) is 25.6. The Morgan fingerprint density at radius 2 is 1.90 bits per heavy atom. The first-order valence-corrected chi connectivity index (χ1v) is 6.69. The van der Waals surface area contributed by atoms with Crippen LogP contribution in [0.1, 0.15) is 46.8 Å². The molecule has 112 valence electrons. The maximum atomic E-state index is 12.3. The van der Waals surface area contributed by atoms with Crippen LogP contribution in [0.2, 0.25) is 0 Å². The molecule has 0 saturated heterocycles. The highest BCUT2D eigenvalue weighted by molar-refractivity contribution is 5.95. The molecule has 1 heterocycles. The Hall–Kier alpha value is -2.50. The van der Waals surface area contributed by atoms with Crippen LogP contribution in [0.3, 0.4) is 0 Å². The van der Waals surface area contributed by atoms with E-state index in [2.05, 4.69) is 10.5 Å². The van der Waals surface area contributed by atoms with Crippen LogP contribution in [-0.2, 0) is 0 Å². The summed E-state index contributed by atoms with van der Waals surface area (Å²) in [5.41, 5.74) is 1.78. The van der Waals surface area contributed by atoms with E-state index in [1.807, 2.05) is 13.8 Å². The predicted octanol–water partition coefficient (Wildman–Crippen LogP) is 2.58. The molecule has 21 heavy (non-hydrogen) atoms. The number of rotatable bonds is 4. The number of aryl methyl sites for hydroxylation is 2. The molecule has 0 radical (unpaired) electrons. The van der Waals surface area contributed by atoms with Crippen LogP contribution in [0.15, 0.2) is 22.7 Å². The summed E-state index contributed by atoms with van der Waals surface area (Å²) >= 11 is 0. The van der Waals surface area contributed by atoms with Crippen LogP contribution >= 0.6 is 0 Å². The molecule has 1 unspecified atom stereocenters. The number of hydrogen-bond acceptors (Lipinski definition) is 5. The molecule has 2 rings (SSSR count). The topological polar surface area (TPSA) is 95.6 Å². The Morgan fingerprint density at radius 3 is 2.38 bits per heavy atom. The number of amides is 1. The number of carbonyl (C=O) groups excluding carboxylic acids is 1. The van der Waals surface area contributed by atoms with E-state index in [0.717, 1.165) is 11.3 Å². The molecule has 0 aliphatic carbocycles. The van der Waals surface area contributed by atoms with E-state index in [1.165, 1.54) is 18.2 Å². The van der Waals surface area contributed by atoms with Crippen molar-refractivity contribution in [2.45, 2.75) is 33.2 Å². The average Bonchev–Trinajstić information content (AvgIpc) is 2.74. The van der Waals surface area contributed by atoms with E-state index in [4.69, 9.17) is 4.52 Å². The zero-order valence-electron chi connectivity index (χ0n) is 12.2. The quantitative estimate of drug-likeness (QED) is 0.804. The van der Waals surface area contributed by atoms with Crippen LogP contribution in [-0.4, -0.2) is 21.3 Å². The Balaban J connectivity index is 2.24. The van der Waals surface area contributed by atoms with Gasteiger partial charge in [0.1, 0.15) is 17.3 Å². The molecular formula is C15H18N2O4. The van der Waals surface area contributed by atoms with E-state index >= 15 is 0 Å². The Labute approximate surface area is 122 Å². The molecule has 0 saturated carbocycles. The molecule has 1 atom stereocenters. The number of nitrogens with zero attached hydrogens (tertiary/aromatic N) is 1. The van der Waals surface area contributed by atoms with Gasteiger partial charge < -0.3 is 20.1 Å². The maximum Gasteiger partial charge on any atom is 0.252 e. The van der Waals surface area contributed by atoms with Crippen molar-refractivity contribution in [3.8, 4) is 11.5 Å². The van der Waals surface area contributed by atoms with Crippen molar-refractivity contribution in [3.05, 3.63) is 40.8 Å². The highest BCUT2D eigenvalue weighted by atomic mass is 16.5. The number of hydrogen-bond donors (Lipinski definition) is 3. The summed E-state index contributed by atoms with van der Waals surface area (Å²) in [6.45, 7) is 5.56. The van der Waals surface area contributed by atoms with Gasteiger partial charge in [-0.2, -0.15) is 0 Å². The number of carbonyl (C=O) groups is 1. The molecule has 0 aliphatic rings. The third-order valence-electron chi connectivity index (χ3n) is 3.32. The lowest BCUT2D eigenvalue weighted by molar-refractivity contribution is 0.0934. The number of benzene rings is 1. The number of aromatic hydroxyl groups is 2. The van der Waals surface area contributed by atoms with Crippen molar-refractivity contribution in [3.63, 3.8) is 0 Å². The van der Waals surface area contributed by atoms with Crippen LogP contribution in [0.5, 0.6) is 11.5 Å². The van der Waals surface area contributed by atoms with Gasteiger partial charge in [-0.3, -0.25) is 4.79 Å². The molecule has 2 aromatic rings. The Kier molecular flexibility index (Phi) is 4.16. The van der Waals surface area contributed by atoms with Gasteiger partial charge in [-0.05, 0) is 32.4 Å². The molecule has 0 bridgehead atoms. The molecule has 6 heteroatoms. The van der Waals surface area contributed by atoms with Crippen molar-refractivity contribution >= 4 is 5.91 Å². The number of phenols is 2. The zero-order chi connectivity index (χ0) is 15.6. The number of nitrogens with one attached hydrogen (secondary N) is 1. The summed E-state index contributed by atoms with van der Waals surface area (Å²) in [6.07, 6.45) is 0.666. The monoisotopic (exact) mass is 290 g/mol. The minimum Gasteiger partial charge on any atom is -0.508 e. The van der Waals surface area contributed by atoms with E-state index in [-0.39, 0.29) is 29.0 Å². The highest BCUT2D eigenvalue weighted by Crippen LogP contribution is 2.25. The SMILES string of the molecule is CCC(NC(=O)c1cc(O)cc(O)c1)c1c(C)noc1C. The van der Waals surface area contributed by atoms with Crippen molar-refractivity contribution in [1.29, 1.82) is 0 Å². The molecule has 3 N–H and O–H groups in total. The lowest BCUT2D eigenvalue weighted by Gasteiger charge is -2.17. The summed E-state index contributed by atoms with van der Waals surface area (Å²) in [5.74, 6) is -0.0393. The van der Waals surface area contributed by atoms with Gasteiger partial charge in [0.25, 0.3) is 5.91 Å². The number of aromatic nitrogens is 1. The van der Waals surface area contributed by atoms with Gasteiger partial charge >= 0.3 is 0 Å². The van der Waals surface area contributed by atoms with Crippen molar-refractivity contribution < 1.29 is 19.5 Å². The van der Waals surface area contributed by atoms with Crippen LogP contribution in [0.4, 0.5) is 0 Å². The normalized spacial score (nSPS) is 12.1. The van der Waals surface area contributed by atoms with Gasteiger partial charge in [0.15, 0.2) is 0 Å². The molecular weight excluding hydrogens is 272 g/mol. The second-order valence-electron chi connectivity index (χ2n) is 4.91. The fourth-order valence-electron chi connectivity index (χ4n) is 2.33. The van der Waals surface area contributed by atoms with Gasteiger partial charge in [-0.15, -0.1) is 0 Å². The lowest BCUT2D eigenvalue weighted by atomic mass is 10.0. The second-order valence-corrected chi connectivity index (χ2v) is 4.91. The minimum absolute atomic E-state index is 0.162. The maximum absolute atomic E-state index is 12.3. The smallest absolute Gasteiger partial charge is 0.252 e. The molecule has 6 nitrogen and oxygen atoms in total. The van der Waals surface area contributed by atoms with Gasteiger partial charge in [-0.25, -0.2) is 0 Å². The largest absolute Gasteiger partial charge is 0.508 e.